The number of H-pyrrole nitrogens is 1. The van der Waals surface area contributed by atoms with Crippen LogP contribution in [-0.4, -0.2) is 9.97 Å². The van der Waals surface area contributed by atoms with Crippen LogP contribution in [-0.2, 0) is 6.42 Å². The fourth-order valence-corrected chi connectivity index (χ4v) is 1.08. The Hall–Kier alpha value is -1.32. The van der Waals surface area contributed by atoms with Crippen molar-refractivity contribution in [3.63, 3.8) is 0 Å². The van der Waals surface area contributed by atoms with Crippen LogP contribution in [0.15, 0.2) is 4.79 Å². The monoisotopic (exact) mass is 153 g/mol. The zero-order chi connectivity index (χ0) is 8.43. The minimum absolute atomic E-state index is 0.341. The van der Waals surface area contributed by atoms with E-state index in [4.69, 9.17) is 5.73 Å². The van der Waals surface area contributed by atoms with Crippen LogP contribution in [0.1, 0.15) is 18.2 Å². The molecule has 4 nitrogen and oxygen atoms in total. The van der Waals surface area contributed by atoms with Gasteiger partial charge in [0.25, 0.3) is 0 Å². The molecule has 60 valence electrons. The van der Waals surface area contributed by atoms with Crippen molar-refractivity contribution in [1.82, 2.24) is 9.97 Å². The summed E-state index contributed by atoms with van der Waals surface area (Å²) in [5.74, 6) is 0.341. The molecule has 0 aliphatic rings. The first-order chi connectivity index (χ1) is 5.15. The van der Waals surface area contributed by atoms with Gasteiger partial charge >= 0.3 is 5.69 Å². The second kappa shape index (κ2) is 2.74. The first-order valence-corrected chi connectivity index (χ1v) is 3.50. The number of rotatable bonds is 1. The Morgan fingerprint density at radius 3 is 2.73 bits per heavy atom. The summed E-state index contributed by atoms with van der Waals surface area (Å²) in [6.07, 6.45) is 0.793. The van der Waals surface area contributed by atoms with E-state index in [-0.39, 0.29) is 5.69 Å². The van der Waals surface area contributed by atoms with E-state index in [0.29, 0.717) is 5.82 Å². The summed E-state index contributed by atoms with van der Waals surface area (Å²) in [6.45, 7) is 3.79. The maximum Gasteiger partial charge on any atom is 0.347 e. The standard InChI is InChI=1S/C7H11N3O/c1-3-5-4(2)9-7(11)10-6(5)8/h3H2,1-2H3,(H3,8,9,10,11). The van der Waals surface area contributed by atoms with Gasteiger partial charge in [-0.05, 0) is 13.3 Å². The molecule has 0 atom stereocenters. The number of nitrogens with zero attached hydrogens (tertiary/aromatic N) is 1. The highest BCUT2D eigenvalue weighted by molar-refractivity contribution is 5.40. The normalized spacial score (nSPS) is 10.0. The molecule has 0 spiro atoms. The third-order valence-electron chi connectivity index (χ3n) is 1.63. The lowest BCUT2D eigenvalue weighted by atomic mass is 10.2. The van der Waals surface area contributed by atoms with Gasteiger partial charge < -0.3 is 10.7 Å². The number of hydrogen-bond acceptors (Lipinski definition) is 3. The van der Waals surface area contributed by atoms with E-state index in [2.05, 4.69) is 9.97 Å². The Morgan fingerprint density at radius 2 is 2.27 bits per heavy atom. The first kappa shape index (κ1) is 7.78. The van der Waals surface area contributed by atoms with Gasteiger partial charge in [-0.15, -0.1) is 0 Å². The van der Waals surface area contributed by atoms with Crippen molar-refractivity contribution in [3.8, 4) is 0 Å². The largest absolute Gasteiger partial charge is 0.383 e. The van der Waals surface area contributed by atoms with Gasteiger partial charge in [0.15, 0.2) is 0 Å². The number of nitrogens with two attached hydrogens (primary N) is 1. The van der Waals surface area contributed by atoms with Crippen LogP contribution in [0.2, 0.25) is 0 Å². The minimum atomic E-state index is -0.378. The van der Waals surface area contributed by atoms with Crippen molar-refractivity contribution in [3.05, 3.63) is 21.7 Å². The fourth-order valence-electron chi connectivity index (χ4n) is 1.08. The van der Waals surface area contributed by atoms with Gasteiger partial charge in [0.1, 0.15) is 5.82 Å². The van der Waals surface area contributed by atoms with Crippen molar-refractivity contribution in [2.24, 2.45) is 0 Å². The van der Waals surface area contributed by atoms with Crippen LogP contribution in [0.25, 0.3) is 0 Å². The molecule has 0 aromatic carbocycles. The van der Waals surface area contributed by atoms with E-state index in [1.807, 2.05) is 13.8 Å². The van der Waals surface area contributed by atoms with Crippen LogP contribution < -0.4 is 11.4 Å². The van der Waals surface area contributed by atoms with Crippen molar-refractivity contribution >= 4 is 5.82 Å². The fraction of sp³-hybridized carbons (Fsp3) is 0.429. The van der Waals surface area contributed by atoms with Gasteiger partial charge in [0, 0.05) is 11.3 Å². The summed E-state index contributed by atoms with van der Waals surface area (Å²) in [7, 11) is 0. The Kier molecular flexibility index (Phi) is 1.94. The topological polar surface area (TPSA) is 71.8 Å². The van der Waals surface area contributed by atoms with E-state index < -0.39 is 0 Å². The molecule has 0 fully saturated rings. The van der Waals surface area contributed by atoms with Gasteiger partial charge in [-0.1, -0.05) is 6.92 Å². The van der Waals surface area contributed by atoms with Gasteiger partial charge in [-0.3, -0.25) is 0 Å². The van der Waals surface area contributed by atoms with E-state index >= 15 is 0 Å². The zero-order valence-corrected chi connectivity index (χ0v) is 6.64. The molecule has 0 saturated heterocycles. The van der Waals surface area contributed by atoms with Crippen LogP contribution >= 0.6 is 0 Å². The lowest BCUT2D eigenvalue weighted by Gasteiger charge is -2.03. The van der Waals surface area contributed by atoms with Gasteiger partial charge in [-0.25, -0.2) is 4.79 Å². The number of anilines is 1. The van der Waals surface area contributed by atoms with Gasteiger partial charge in [0.2, 0.25) is 0 Å². The highest BCUT2D eigenvalue weighted by Crippen LogP contribution is 2.08. The quantitative estimate of drug-likeness (QED) is 0.606. The predicted molar refractivity (Wildman–Crippen MR) is 43.4 cm³/mol. The molecule has 0 radical (unpaired) electrons. The molecule has 0 bridgehead atoms. The molecule has 0 aliphatic carbocycles. The summed E-state index contributed by atoms with van der Waals surface area (Å²) in [6, 6.07) is 0. The lowest BCUT2D eigenvalue weighted by molar-refractivity contribution is 0.964. The lowest BCUT2D eigenvalue weighted by Crippen LogP contribution is -2.16. The Labute approximate surface area is 64.5 Å². The highest BCUT2D eigenvalue weighted by atomic mass is 16.1. The van der Waals surface area contributed by atoms with Crippen molar-refractivity contribution in [2.45, 2.75) is 20.3 Å². The Bertz CT molecular complexity index is 290. The number of aryl methyl sites for hydroxylation is 1. The van der Waals surface area contributed by atoms with Crippen LogP contribution in [0.4, 0.5) is 5.82 Å². The molecule has 0 unspecified atom stereocenters. The van der Waals surface area contributed by atoms with Crippen molar-refractivity contribution < 1.29 is 0 Å². The highest BCUT2D eigenvalue weighted by Gasteiger charge is 2.02. The molecule has 0 saturated carbocycles. The second-order valence-electron chi connectivity index (χ2n) is 2.38. The molecule has 11 heavy (non-hydrogen) atoms. The van der Waals surface area contributed by atoms with Gasteiger partial charge in [-0.2, -0.15) is 4.98 Å². The van der Waals surface area contributed by atoms with Crippen molar-refractivity contribution in [2.75, 3.05) is 5.73 Å². The summed E-state index contributed by atoms with van der Waals surface area (Å²) < 4.78 is 0. The third-order valence-corrected chi connectivity index (χ3v) is 1.63. The second-order valence-corrected chi connectivity index (χ2v) is 2.38. The zero-order valence-electron chi connectivity index (χ0n) is 6.64. The summed E-state index contributed by atoms with van der Waals surface area (Å²) in [5, 5.41) is 0. The molecular weight excluding hydrogens is 142 g/mol. The molecule has 0 aliphatic heterocycles. The average molecular weight is 153 g/mol. The Morgan fingerprint density at radius 1 is 1.64 bits per heavy atom. The summed E-state index contributed by atoms with van der Waals surface area (Å²) >= 11 is 0. The molecule has 1 heterocycles. The number of hydrogen-bond donors (Lipinski definition) is 2. The number of aromatic nitrogens is 2. The molecule has 1 aromatic rings. The summed E-state index contributed by atoms with van der Waals surface area (Å²) in [4.78, 5) is 16.9. The number of nitrogen functional groups attached to an aromatic ring is 1. The SMILES string of the molecule is CCc1c(N)nc(=O)[nH]c1C. The molecule has 1 rings (SSSR count). The number of nitrogens with one attached hydrogen (secondary N) is 1. The van der Waals surface area contributed by atoms with E-state index in [1.54, 1.807) is 0 Å². The third kappa shape index (κ3) is 1.39. The maximum atomic E-state index is 10.7. The van der Waals surface area contributed by atoms with E-state index in [0.717, 1.165) is 17.7 Å². The molecule has 0 amide bonds. The summed E-state index contributed by atoms with van der Waals surface area (Å²) in [5.41, 5.74) is 6.86. The molecular formula is C7H11N3O. The first-order valence-electron chi connectivity index (χ1n) is 3.50. The minimum Gasteiger partial charge on any atom is -0.383 e. The average Bonchev–Trinajstić information content (AvgIpc) is 1.85. The van der Waals surface area contributed by atoms with Crippen molar-refractivity contribution in [1.29, 1.82) is 0 Å². The van der Waals surface area contributed by atoms with Crippen LogP contribution in [0.5, 0.6) is 0 Å². The van der Waals surface area contributed by atoms with Crippen LogP contribution in [0, 0.1) is 6.92 Å². The molecule has 3 N–H and O–H groups in total. The molecule has 4 heteroatoms. The van der Waals surface area contributed by atoms with E-state index in [1.165, 1.54) is 0 Å². The van der Waals surface area contributed by atoms with E-state index in [9.17, 15) is 4.79 Å². The van der Waals surface area contributed by atoms with Gasteiger partial charge in [0.05, 0.1) is 0 Å². The maximum absolute atomic E-state index is 10.7. The number of aromatic amines is 1. The predicted octanol–water partition coefficient (Wildman–Crippen LogP) is 0.223. The molecule has 1 aromatic heterocycles. The Balaban J connectivity index is 3.36. The van der Waals surface area contributed by atoms with Crippen LogP contribution in [0.3, 0.4) is 0 Å². The smallest absolute Gasteiger partial charge is 0.347 e.